The number of nitrogens with zero attached hydrogens (tertiary/aromatic N) is 2. The highest BCUT2D eigenvalue weighted by Crippen LogP contribution is 2.22. The molecule has 21 heavy (non-hydrogen) atoms. The molecule has 2 aliphatic heterocycles. The maximum atomic E-state index is 10.4. The molecule has 0 unspecified atom stereocenters. The summed E-state index contributed by atoms with van der Waals surface area (Å²) < 4.78 is 5.40. The van der Waals surface area contributed by atoms with Crippen LogP contribution in [0.3, 0.4) is 0 Å². The molecule has 1 aromatic rings. The van der Waals surface area contributed by atoms with Gasteiger partial charge >= 0.3 is 0 Å². The minimum absolute atomic E-state index is 0.244. The number of rotatable bonds is 4. The molecule has 2 aliphatic rings. The van der Waals surface area contributed by atoms with Crippen molar-refractivity contribution in [1.29, 1.82) is 0 Å². The van der Waals surface area contributed by atoms with E-state index >= 15 is 0 Å². The van der Waals surface area contributed by atoms with Crippen molar-refractivity contribution in [2.45, 2.75) is 23.6 Å². The van der Waals surface area contributed by atoms with Gasteiger partial charge in [-0.05, 0) is 24.0 Å². The van der Waals surface area contributed by atoms with Gasteiger partial charge in [-0.3, -0.25) is 9.80 Å². The quantitative estimate of drug-likeness (QED) is 0.848. The summed E-state index contributed by atoms with van der Waals surface area (Å²) in [5, 5.41) is 10.4. The van der Waals surface area contributed by atoms with Crippen LogP contribution in [0.5, 0.6) is 0 Å². The molecule has 2 heterocycles. The van der Waals surface area contributed by atoms with Crippen LogP contribution in [0.4, 0.5) is 0 Å². The fraction of sp³-hybridized carbons (Fsp3) is 0.625. The topological polar surface area (TPSA) is 35.9 Å². The van der Waals surface area contributed by atoms with E-state index in [1.54, 1.807) is 11.8 Å². The smallest absolute Gasteiger partial charge is 0.0834 e. The largest absolute Gasteiger partial charge is 0.390 e. The van der Waals surface area contributed by atoms with Gasteiger partial charge in [0.1, 0.15) is 0 Å². The summed E-state index contributed by atoms with van der Waals surface area (Å²) in [6, 6.07) is 8.95. The van der Waals surface area contributed by atoms with Gasteiger partial charge in [0.15, 0.2) is 0 Å². The number of β-amino-alcohol motifs (C(OH)–C–C–N with tert-alkyl or cyclic N) is 1. The first kappa shape index (κ1) is 15.3. The van der Waals surface area contributed by atoms with Crippen LogP contribution in [0.1, 0.15) is 5.56 Å². The number of aliphatic hydroxyl groups is 1. The van der Waals surface area contributed by atoms with E-state index in [2.05, 4.69) is 40.3 Å². The Morgan fingerprint density at radius 1 is 1.29 bits per heavy atom. The number of thioether (sulfide) groups is 1. The van der Waals surface area contributed by atoms with Crippen molar-refractivity contribution in [2.75, 3.05) is 45.6 Å². The summed E-state index contributed by atoms with van der Waals surface area (Å²) in [5.41, 5.74) is 1.33. The zero-order chi connectivity index (χ0) is 14.7. The van der Waals surface area contributed by atoms with Crippen molar-refractivity contribution < 1.29 is 9.84 Å². The summed E-state index contributed by atoms with van der Waals surface area (Å²) >= 11 is 1.77. The third kappa shape index (κ3) is 3.79. The van der Waals surface area contributed by atoms with Crippen LogP contribution >= 0.6 is 11.8 Å². The average Bonchev–Trinajstić information content (AvgIpc) is 2.89. The monoisotopic (exact) mass is 308 g/mol. The van der Waals surface area contributed by atoms with Crippen molar-refractivity contribution >= 4 is 11.8 Å². The van der Waals surface area contributed by atoms with Gasteiger partial charge in [-0.2, -0.15) is 0 Å². The SMILES string of the molecule is CSc1cccc(CN2C[C@H](O)[C@@H](N3CCOCC3)C2)c1. The van der Waals surface area contributed by atoms with Crippen molar-refractivity contribution in [3.8, 4) is 0 Å². The van der Waals surface area contributed by atoms with E-state index in [1.807, 2.05) is 0 Å². The average molecular weight is 308 g/mol. The second-order valence-electron chi connectivity index (χ2n) is 5.83. The van der Waals surface area contributed by atoms with Crippen LogP contribution in [0.2, 0.25) is 0 Å². The van der Waals surface area contributed by atoms with Gasteiger partial charge in [0, 0.05) is 43.7 Å². The Balaban J connectivity index is 1.59. The number of aliphatic hydroxyl groups excluding tert-OH is 1. The van der Waals surface area contributed by atoms with Crippen molar-refractivity contribution in [1.82, 2.24) is 9.80 Å². The van der Waals surface area contributed by atoms with Crippen molar-refractivity contribution in [2.24, 2.45) is 0 Å². The molecule has 2 atom stereocenters. The predicted molar refractivity (Wildman–Crippen MR) is 85.7 cm³/mol. The molecular formula is C16H24N2O2S. The lowest BCUT2D eigenvalue weighted by molar-refractivity contribution is -0.00618. The molecule has 0 radical (unpaired) electrons. The number of hydrogen-bond donors (Lipinski definition) is 1. The third-order valence-electron chi connectivity index (χ3n) is 4.39. The van der Waals surface area contributed by atoms with Crippen LogP contribution in [-0.4, -0.2) is 72.7 Å². The van der Waals surface area contributed by atoms with Gasteiger partial charge in [0.05, 0.1) is 19.3 Å². The maximum absolute atomic E-state index is 10.4. The summed E-state index contributed by atoms with van der Waals surface area (Å²) in [4.78, 5) is 6.05. The number of ether oxygens (including phenoxy) is 1. The number of benzene rings is 1. The normalized spacial score (nSPS) is 28.1. The lowest BCUT2D eigenvalue weighted by Gasteiger charge is -2.33. The van der Waals surface area contributed by atoms with Crippen LogP contribution in [0.25, 0.3) is 0 Å². The molecule has 116 valence electrons. The van der Waals surface area contributed by atoms with E-state index in [9.17, 15) is 5.11 Å². The lowest BCUT2D eigenvalue weighted by Crippen LogP contribution is -2.48. The fourth-order valence-electron chi connectivity index (χ4n) is 3.27. The fourth-order valence-corrected chi connectivity index (χ4v) is 3.76. The Hall–Kier alpha value is -0.590. The zero-order valence-corrected chi connectivity index (χ0v) is 13.4. The van der Waals surface area contributed by atoms with Gasteiger partial charge < -0.3 is 9.84 Å². The molecule has 4 nitrogen and oxygen atoms in total. The summed E-state index contributed by atoms with van der Waals surface area (Å²) in [7, 11) is 0. The van der Waals surface area contributed by atoms with Gasteiger partial charge in [0.2, 0.25) is 0 Å². The van der Waals surface area contributed by atoms with Crippen molar-refractivity contribution in [3.63, 3.8) is 0 Å². The molecule has 1 N–H and O–H groups in total. The second kappa shape index (κ2) is 7.11. The molecule has 0 bridgehead atoms. The van der Waals surface area contributed by atoms with Gasteiger partial charge in [-0.1, -0.05) is 12.1 Å². The number of morpholine rings is 1. The Bertz CT molecular complexity index is 465. The molecule has 0 amide bonds. The molecule has 2 fully saturated rings. The molecule has 0 spiro atoms. The van der Waals surface area contributed by atoms with Crippen LogP contribution in [0.15, 0.2) is 29.2 Å². The summed E-state index contributed by atoms with van der Waals surface area (Å²) in [6.07, 6.45) is 1.86. The minimum atomic E-state index is -0.244. The Morgan fingerprint density at radius 3 is 2.86 bits per heavy atom. The molecule has 0 aliphatic carbocycles. The van der Waals surface area contributed by atoms with E-state index in [-0.39, 0.29) is 12.1 Å². The molecule has 1 aromatic carbocycles. The van der Waals surface area contributed by atoms with E-state index in [0.29, 0.717) is 0 Å². The first-order chi connectivity index (χ1) is 10.3. The molecular weight excluding hydrogens is 284 g/mol. The molecule has 3 rings (SSSR count). The zero-order valence-electron chi connectivity index (χ0n) is 12.6. The van der Waals surface area contributed by atoms with Crippen LogP contribution < -0.4 is 0 Å². The molecule has 2 saturated heterocycles. The standard InChI is InChI=1S/C16H24N2O2S/c1-21-14-4-2-3-13(9-14)10-17-11-15(16(19)12-17)18-5-7-20-8-6-18/h2-4,9,15-16,19H,5-8,10-12H2,1H3/t15-,16-/m0/s1. The highest BCUT2D eigenvalue weighted by molar-refractivity contribution is 7.98. The van der Waals surface area contributed by atoms with Crippen LogP contribution in [0, 0.1) is 0 Å². The van der Waals surface area contributed by atoms with E-state index < -0.39 is 0 Å². The summed E-state index contributed by atoms with van der Waals surface area (Å²) in [5.74, 6) is 0. The Labute approximate surface area is 131 Å². The maximum Gasteiger partial charge on any atom is 0.0834 e. The van der Waals surface area contributed by atoms with Gasteiger partial charge in [-0.25, -0.2) is 0 Å². The van der Waals surface area contributed by atoms with Crippen LogP contribution in [-0.2, 0) is 11.3 Å². The third-order valence-corrected chi connectivity index (χ3v) is 5.12. The van der Waals surface area contributed by atoms with E-state index in [4.69, 9.17) is 4.74 Å². The second-order valence-corrected chi connectivity index (χ2v) is 6.71. The van der Waals surface area contributed by atoms with E-state index in [1.165, 1.54) is 10.5 Å². The van der Waals surface area contributed by atoms with Gasteiger partial charge in [-0.15, -0.1) is 11.8 Å². The minimum Gasteiger partial charge on any atom is -0.390 e. The lowest BCUT2D eigenvalue weighted by atomic mass is 10.1. The number of likely N-dealkylation sites (tertiary alicyclic amines) is 1. The Kier molecular flexibility index (Phi) is 5.19. The number of hydrogen-bond acceptors (Lipinski definition) is 5. The highest BCUT2D eigenvalue weighted by Gasteiger charge is 2.35. The predicted octanol–water partition coefficient (Wildman–Crippen LogP) is 1.29. The van der Waals surface area contributed by atoms with E-state index in [0.717, 1.165) is 45.9 Å². The van der Waals surface area contributed by atoms with Crippen molar-refractivity contribution in [3.05, 3.63) is 29.8 Å². The highest BCUT2D eigenvalue weighted by atomic mass is 32.2. The first-order valence-electron chi connectivity index (χ1n) is 7.61. The first-order valence-corrected chi connectivity index (χ1v) is 8.84. The Morgan fingerprint density at radius 2 is 2.10 bits per heavy atom. The summed E-state index contributed by atoms with van der Waals surface area (Å²) in [6.45, 7) is 6.11. The van der Waals surface area contributed by atoms with Gasteiger partial charge in [0.25, 0.3) is 0 Å². The molecule has 0 saturated carbocycles. The molecule has 5 heteroatoms. The molecule has 0 aromatic heterocycles.